The molecule has 1 aliphatic carbocycles. The molecule has 19 heavy (non-hydrogen) atoms. The van der Waals surface area contributed by atoms with Crippen molar-refractivity contribution in [2.45, 2.75) is 59.0 Å². The van der Waals surface area contributed by atoms with Crippen molar-refractivity contribution in [3.8, 4) is 5.75 Å². The van der Waals surface area contributed by atoms with Gasteiger partial charge >= 0.3 is 0 Å². The number of benzene rings is 1. The molecule has 0 aromatic heterocycles. The molecule has 0 amide bonds. The number of ether oxygens (including phenoxy) is 1. The average Bonchev–Trinajstić information content (AvgIpc) is 2.90. The Kier molecular flexibility index (Phi) is 4.51. The third-order valence-corrected chi connectivity index (χ3v) is 4.64. The van der Waals surface area contributed by atoms with Gasteiger partial charge in [-0.25, -0.2) is 0 Å². The molecule has 0 bridgehead atoms. The molecule has 1 saturated carbocycles. The van der Waals surface area contributed by atoms with E-state index in [1.807, 2.05) is 13.0 Å². The fourth-order valence-electron chi connectivity index (χ4n) is 3.40. The predicted molar refractivity (Wildman–Crippen MR) is 78.5 cm³/mol. The van der Waals surface area contributed by atoms with E-state index in [-0.39, 0.29) is 5.41 Å². The highest BCUT2D eigenvalue weighted by Gasteiger charge is 2.40. The number of hydrogen-bond donors (Lipinski definition) is 1. The summed E-state index contributed by atoms with van der Waals surface area (Å²) in [4.78, 5) is 0. The van der Waals surface area contributed by atoms with Gasteiger partial charge in [0.15, 0.2) is 0 Å². The topological polar surface area (TPSA) is 29.5 Å². The Hall–Kier alpha value is -1.02. The van der Waals surface area contributed by atoms with Crippen molar-refractivity contribution >= 4 is 0 Å². The molecule has 1 aromatic rings. The Bertz CT molecular complexity index is 419. The largest absolute Gasteiger partial charge is 0.493 e. The summed E-state index contributed by atoms with van der Waals surface area (Å²) in [6.45, 7) is 6.90. The summed E-state index contributed by atoms with van der Waals surface area (Å²) in [5.74, 6) is 0.848. The van der Waals surface area contributed by atoms with E-state index in [1.165, 1.54) is 18.4 Å². The average molecular weight is 262 g/mol. The molecular formula is C17H26O2. The first-order chi connectivity index (χ1) is 9.13. The normalized spacial score (nSPS) is 19.4. The van der Waals surface area contributed by atoms with E-state index in [4.69, 9.17) is 4.74 Å². The smallest absolute Gasteiger partial charge is 0.125 e. The van der Waals surface area contributed by atoms with Crippen LogP contribution in [-0.4, -0.2) is 11.7 Å². The van der Waals surface area contributed by atoms with Gasteiger partial charge in [-0.1, -0.05) is 31.4 Å². The van der Waals surface area contributed by atoms with Gasteiger partial charge in [0.25, 0.3) is 0 Å². The van der Waals surface area contributed by atoms with E-state index in [1.54, 1.807) is 0 Å². The molecule has 0 heterocycles. The summed E-state index contributed by atoms with van der Waals surface area (Å²) in [5.41, 5.74) is 2.21. The highest BCUT2D eigenvalue weighted by molar-refractivity contribution is 5.39. The van der Waals surface area contributed by atoms with Gasteiger partial charge in [0.05, 0.1) is 12.7 Å². The van der Waals surface area contributed by atoms with Crippen molar-refractivity contribution in [2.75, 3.05) is 6.61 Å². The maximum absolute atomic E-state index is 10.9. The molecule has 2 nitrogen and oxygen atoms in total. The maximum Gasteiger partial charge on any atom is 0.125 e. The fourth-order valence-corrected chi connectivity index (χ4v) is 3.40. The van der Waals surface area contributed by atoms with Crippen molar-refractivity contribution in [2.24, 2.45) is 5.41 Å². The van der Waals surface area contributed by atoms with Crippen LogP contribution < -0.4 is 4.74 Å². The first-order valence-electron chi connectivity index (χ1n) is 7.54. The van der Waals surface area contributed by atoms with Gasteiger partial charge in [-0.3, -0.25) is 0 Å². The zero-order valence-corrected chi connectivity index (χ0v) is 12.4. The van der Waals surface area contributed by atoms with Crippen LogP contribution in [0.25, 0.3) is 0 Å². The quantitative estimate of drug-likeness (QED) is 0.852. The van der Waals surface area contributed by atoms with Crippen molar-refractivity contribution in [3.05, 3.63) is 29.3 Å². The summed E-state index contributed by atoms with van der Waals surface area (Å²) in [5, 5.41) is 10.9. The lowest BCUT2D eigenvalue weighted by atomic mass is 9.75. The lowest BCUT2D eigenvalue weighted by Gasteiger charge is -2.34. The van der Waals surface area contributed by atoms with Crippen LogP contribution in [0.4, 0.5) is 0 Å². The molecule has 2 rings (SSSR count). The van der Waals surface area contributed by atoms with Crippen molar-refractivity contribution in [1.82, 2.24) is 0 Å². The maximum atomic E-state index is 10.9. The first-order valence-corrected chi connectivity index (χ1v) is 7.54. The van der Waals surface area contributed by atoms with Gasteiger partial charge in [0, 0.05) is 11.0 Å². The summed E-state index contributed by atoms with van der Waals surface area (Å²) < 4.78 is 5.70. The highest BCUT2D eigenvalue weighted by Crippen LogP contribution is 2.51. The Morgan fingerprint density at radius 1 is 1.26 bits per heavy atom. The molecule has 1 unspecified atom stereocenters. The zero-order chi connectivity index (χ0) is 13.9. The SMILES string of the molecule is CCOc1ccc(C)cc1C(O)C1(CC)CCCC1. The molecule has 0 radical (unpaired) electrons. The van der Waals surface area contributed by atoms with Gasteiger partial charge < -0.3 is 9.84 Å². The van der Waals surface area contributed by atoms with E-state index >= 15 is 0 Å². The van der Waals surface area contributed by atoms with E-state index < -0.39 is 6.10 Å². The number of hydrogen-bond acceptors (Lipinski definition) is 2. The van der Waals surface area contributed by atoms with Crippen molar-refractivity contribution in [1.29, 1.82) is 0 Å². The van der Waals surface area contributed by atoms with Crippen LogP contribution in [0.3, 0.4) is 0 Å². The summed E-state index contributed by atoms with van der Waals surface area (Å²) in [6, 6.07) is 6.13. The van der Waals surface area contributed by atoms with E-state index in [0.717, 1.165) is 30.6 Å². The third-order valence-electron chi connectivity index (χ3n) is 4.64. The highest BCUT2D eigenvalue weighted by atomic mass is 16.5. The number of aryl methyl sites for hydroxylation is 1. The molecule has 1 aromatic carbocycles. The predicted octanol–water partition coefficient (Wildman–Crippen LogP) is 4.40. The van der Waals surface area contributed by atoms with Gasteiger partial charge in [-0.15, -0.1) is 0 Å². The van der Waals surface area contributed by atoms with Crippen LogP contribution in [0.1, 0.15) is 63.2 Å². The first kappa shape index (κ1) is 14.4. The molecule has 0 aliphatic heterocycles. The molecule has 0 spiro atoms. The Labute approximate surface area is 116 Å². The van der Waals surface area contributed by atoms with Crippen molar-refractivity contribution in [3.63, 3.8) is 0 Å². The number of aliphatic hydroxyl groups is 1. The lowest BCUT2D eigenvalue weighted by molar-refractivity contribution is 0.0217. The number of rotatable bonds is 5. The minimum absolute atomic E-state index is 0.0552. The molecule has 1 fully saturated rings. The van der Waals surface area contributed by atoms with Crippen LogP contribution >= 0.6 is 0 Å². The van der Waals surface area contributed by atoms with E-state index in [0.29, 0.717) is 6.61 Å². The molecule has 1 atom stereocenters. The number of aliphatic hydroxyl groups excluding tert-OH is 1. The molecule has 106 valence electrons. The molecule has 2 heteroatoms. The Balaban J connectivity index is 2.36. The lowest BCUT2D eigenvalue weighted by Crippen LogP contribution is -2.25. The molecular weight excluding hydrogens is 236 g/mol. The molecule has 0 saturated heterocycles. The molecule has 1 N–H and O–H groups in total. The summed E-state index contributed by atoms with van der Waals surface area (Å²) in [6.07, 6.45) is 5.37. The van der Waals surface area contributed by atoms with Crippen LogP contribution in [0.2, 0.25) is 0 Å². The van der Waals surface area contributed by atoms with Gasteiger partial charge in [-0.05, 0) is 45.2 Å². The van der Waals surface area contributed by atoms with Gasteiger partial charge in [0.2, 0.25) is 0 Å². The van der Waals surface area contributed by atoms with Crippen LogP contribution in [0.5, 0.6) is 5.75 Å². The Morgan fingerprint density at radius 2 is 1.95 bits per heavy atom. The summed E-state index contributed by atoms with van der Waals surface area (Å²) >= 11 is 0. The van der Waals surface area contributed by atoms with Crippen LogP contribution in [0, 0.1) is 12.3 Å². The van der Waals surface area contributed by atoms with Gasteiger partial charge in [0.1, 0.15) is 5.75 Å². The third kappa shape index (κ3) is 2.79. The minimum atomic E-state index is -0.401. The zero-order valence-electron chi connectivity index (χ0n) is 12.4. The minimum Gasteiger partial charge on any atom is -0.493 e. The second-order valence-electron chi connectivity index (χ2n) is 5.80. The Morgan fingerprint density at radius 3 is 2.53 bits per heavy atom. The van der Waals surface area contributed by atoms with Gasteiger partial charge in [-0.2, -0.15) is 0 Å². The van der Waals surface area contributed by atoms with E-state index in [9.17, 15) is 5.11 Å². The fraction of sp³-hybridized carbons (Fsp3) is 0.647. The standard InChI is InChI=1S/C17H26O2/c1-4-17(10-6-7-11-17)16(18)14-12-13(3)8-9-15(14)19-5-2/h8-9,12,16,18H,4-7,10-11H2,1-3H3. The second kappa shape index (κ2) is 5.96. The van der Waals surface area contributed by atoms with Crippen molar-refractivity contribution < 1.29 is 9.84 Å². The summed E-state index contributed by atoms with van der Waals surface area (Å²) in [7, 11) is 0. The van der Waals surface area contributed by atoms with Crippen LogP contribution in [-0.2, 0) is 0 Å². The molecule has 1 aliphatic rings. The van der Waals surface area contributed by atoms with Crippen LogP contribution in [0.15, 0.2) is 18.2 Å². The van der Waals surface area contributed by atoms with E-state index in [2.05, 4.69) is 26.0 Å². The monoisotopic (exact) mass is 262 g/mol. The second-order valence-corrected chi connectivity index (χ2v) is 5.80.